The van der Waals surface area contributed by atoms with Crippen molar-refractivity contribution in [3.05, 3.63) is 63.4 Å². The van der Waals surface area contributed by atoms with E-state index in [1.807, 2.05) is 5.43 Å². The van der Waals surface area contributed by atoms with E-state index >= 15 is 0 Å². The van der Waals surface area contributed by atoms with Gasteiger partial charge in [0.15, 0.2) is 0 Å². The molecule has 0 aliphatic rings. The molecule has 0 aliphatic carbocycles. The predicted molar refractivity (Wildman–Crippen MR) is 106 cm³/mol. The number of halogens is 6. The van der Waals surface area contributed by atoms with E-state index in [4.69, 9.17) is 23.2 Å². The Hall–Kier alpha value is -2.37. The monoisotopic (exact) mass is 485 g/mol. The third-order valence-corrected chi connectivity index (χ3v) is 5.41. The van der Waals surface area contributed by atoms with E-state index in [1.54, 1.807) is 0 Å². The van der Waals surface area contributed by atoms with Crippen molar-refractivity contribution in [2.24, 2.45) is 5.10 Å². The number of hydrazone groups is 1. The highest BCUT2D eigenvalue weighted by molar-refractivity contribution is 7.92. The molecule has 13 heteroatoms. The van der Waals surface area contributed by atoms with Crippen LogP contribution in [0.2, 0.25) is 10.0 Å². The maximum atomic E-state index is 13.7. The van der Waals surface area contributed by atoms with E-state index in [1.165, 1.54) is 12.1 Å². The molecular formula is C17H13Cl2F4N3O3S. The van der Waals surface area contributed by atoms with Gasteiger partial charge in [-0.1, -0.05) is 29.3 Å². The van der Waals surface area contributed by atoms with Gasteiger partial charge in [-0.05, 0) is 30.3 Å². The van der Waals surface area contributed by atoms with Crippen LogP contribution in [0.5, 0.6) is 0 Å². The van der Waals surface area contributed by atoms with Crippen LogP contribution in [-0.2, 0) is 21.0 Å². The van der Waals surface area contributed by atoms with Gasteiger partial charge in [-0.25, -0.2) is 18.2 Å². The first-order chi connectivity index (χ1) is 13.8. The molecule has 0 heterocycles. The van der Waals surface area contributed by atoms with Gasteiger partial charge in [0.05, 0.1) is 33.8 Å². The number of hydrogen-bond donors (Lipinski definition) is 1. The lowest BCUT2D eigenvalue weighted by Crippen LogP contribution is -2.39. The first-order valence-electron chi connectivity index (χ1n) is 7.91. The molecule has 162 valence electrons. The zero-order valence-electron chi connectivity index (χ0n) is 15.0. The number of benzene rings is 2. The van der Waals surface area contributed by atoms with Crippen molar-refractivity contribution in [3.63, 3.8) is 0 Å². The third kappa shape index (κ3) is 6.07. The standard InChI is InChI=1S/C17H13Cl2F4N3O3S/c1-30(28,29)26(10-5-6-14(19)12(7-10)17(21,22)23)9-16(27)25-24-8-11-13(18)3-2-4-15(11)20/h2-8H,9H2,1H3,(H,25,27)/b24-8-. The van der Waals surface area contributed by atoms with Crippen LogP contribution in [0.3, 0.4) is 0 Å². The molecule has 0 saturated carbocycles. The van der Waals surface area contributed by atoms with Gasteiger partial charge in [0.2, 0.25) is 10.0 Å². The number of carbonyl (C=O) groups is 1. The zero-order chi connectivity index (χ0) is 22.7. The van der Waals surface area contributed by atoms with Gasteiger partial charge in [-0.2, -0.15) is 18.3 Å². The molecule has 1 N–H and O–H groups in total. The summed E-state index contributed by atoms with van der Waals surface area (Å²) in [5.74, 6) is -1.70. The minimum Gasteiger partial charge on any atom is -0.271 e. The summed E-state index contributed by atoms with van der Waals surface area (Å²) >= 11 is 11.3. The molecule has 0 aromatic heterocycles. The van der Waals surface area contributed by atoms with Gasteiger partial charge in [-0.3, -0.25) is 9.10 Å². The quantitative estimate of drug-likeness (QED) is 0.380. The molecule has 6 nitrogen and oxygen atoms in total. The van der Waals surface area contributed by atoms with E-state index in [0.29, 0.717) is 16.6 Å². The summed E-state index contributed by atoms with van der Waals surface area (Å²) in [6.45, 7) is -0.889. The number of sulfonamides is 1. The average molecular weight is 486 g/mol. The number of hydrogen-bond acceptors (Lipinski definition) is 4. The second kappa shape index (κ2) is 9.19. The lowest BCUT2D eigenvalue weighted by atomic mass is 10.2. The number of alkyl halides is 3. The number of anilines is 1. The largest absolute Gasteiger partial charge is 0.417 e. The molecule has 2 aromatic carbocycles. The Labute approximate surface area is 179 Å². The summed E-state index contributed by atoms with van der Waals surface area (Å²) < 4.78 is 77.3. The summed E-state index contributed by atoms with van der Waals surface area (Å²) in [4.78, 5) is 12.1. The molecule has 1 amide bonds. The summed E-state index contributed by atoms with van der Waals surface area (Å²) in [5.41, 5.74) is 0.160. The molecule has 0 fully saturated rings. The number of rotatable bonds is 6. The Morgan fingerprint density at radius 2 is 1.87 bits per heavy atom. The van der Waals surface area contributed by atoms with E-state index in [0.717, 1.165) is 24.4 Å². The second-order valence-corrected chi connectivity index (χ2v) is 8.58. The number of nitrogens with one attached hydrogen (secondary N) is 1. The summed E-state index contributed by atoms with van der Waals surface area (Å²) in [6, 6.07) is 6.26. The van der Waals surface area contributed by atoms with Gasteiger partial charge < -0.3 is 0 Å². The van der Waals surface area contributed by atoms with Crippen LogP contribution in [0.4, 0.5) is 23.2 Å². The number of nitrogens with zero attached hydrogens (tertiary/aromatic N) is 2. The maximum absolute atomic E-state index is 13.7. The summed E-state index contributed by atoms with van der Waals surface area (Å²) in [5, 5.41) is 2.88. The molecule has 0 radical (unpaired) electrons. The van der Waals surface area contributed by atoms with Crippen LogP contribution < -0.4 is 9.73 Å². The van der Waals surface area contributed by atoms with Gasteiger partial charge in [0, 0.05) is 5.56 Å². The van der Waals surface area contributed by atoms with Crippen LogP contribution in [0.15, 0.2) is 41.5 Å². The smallest absolute Gasteiger partial charge is 0.271 e. The first kappa shape index (κ1) is 23.9. The third-order valence-electron chi connectivity index (χ3n) is 3.61. The molecule has 2 rings (SSSR count). The van der Waals surface area contributed by atoms with Crippen molar-refractivity contribution in [2.45, 2.75) is 6.18 Å². The van der Waals surface area contributed by atoms with Crippen LogP contribution in [-0.4, -0.2) is 33.3 Å². The van der Waals surface area contributed by atoms with Crippen molar-refractivity contribution >= 4 is 51.0 Å². The molecule has 2 aromatic rings. The fraction of sp³-hybridized carbons (Fsp3) is 0.176. The molecule has 30 heavy (non-hydrogen) atoms. The van der Waals surface area contributed by atoms with E-state index in [-0.39, 0.29) is 10.6 Å². The van der Waals surface area contributed by atoms with Gasteiger partial charge >= 0.3 is 6.18 Å². The van der Waals surface area contributed by atoms with E-state index in [9.17, 15) is 30.8 Å². The number of carbonyl (C=O) groups excluding carboxylic acids is 1. The van der Waals surface area contributed by atoms with E-state index < -0.39 is 50.7 Å². The highest BCUT2D eigenvalue weighted by Crippen LogP contribution is 2.37. The Balaban J connectivity index is 2.24. The van der Waals surface area contributed by atoms with Crippen molar-refractivity contribution < 1.29 is 30.8 Å². The van der Waals surface area contributed by atoms with Crippen LogP contribution in [0, 0.1) is 5.82 Å². The average Bonchev–Trinajstić information content (AvgIpc) is 2.61. The van der Waals surface area contributed by atoms with Crippen LogP contribution in [0.25, 0.3) is 0 Å². The van der Waals surface area contributed by atoms with Crippen molar-refractivity contribution in [2.75, 3.05) is 17.1 Å². The molecular weight excluding hydrogens is 473 g/mol. The van der Waals surface area contributed by atoms with Crippen LogP contribution in [0.1, 0.15) is 11.1 Å². The highest BCUT2D eigenvalue weighted by Gasteiger charge is 2.34. The first-order valence-corrected chi connectivity index (χ1v) is 10.5. The molecule has 0 unspecified atom stereocenters. The molecule has 0 saturated heterocycles. The lowest BCUT2D eigenvalue weighted by molar-refractivity contribution is -0.137. The highest BCUT2D eigenvalue weighted by atomic mass is 35.5. The normalized spacial score (nSPS) is 12.2. The zero-order valence-corrected chi connectivity index (χ0v) is 17.4. The predicted octanol–water partition coefficient (Wildman–Crippen LogP) is 4.07. The fourth-order valence-electron chi connectivity index (χ4n) is 2.25. The Bertz CT molecular complexity index is 1070. The molecule has 0 atom stereocenters. The van der Waals surface area contributed by atoms with Gasteiger partial charge in [0.25, 0.3) is 5.91 Å². The van der Waals surface area contributed by atoms with E-state index in [2.05, 4.69) is 5.10 Å². The minimum absolute atomic E-state index is 0.0200. The summed E-state index contributed by atoms with van der Waals surface area (Å²) in [7, 11) is -4.15. The Morgan fingerprint density at radius 1 is 1.20 bits per heavy atom. The van der Waals surface area contributed by atoms with Crippen molar-refractivity contribution in [3.8, 4) is 0 Å². The Morgan fingerprint density at radius 3 is 2.43 bits per heavy atom. The van der Waals surface area contributed by atoms with Crippen LogP contribution >= 0.6 is 23.2 Å². The Kier molecular flexibility index (Phi) is 7.32. The lowest BCUT2D eigenvalue weighted by Gasteiger charge is -2.22. The second-order valence-electron chi connectivity index (χ2n) is 5.86. The SMILES string of the molecule is CS(=O)(=O)N(CC(=O)N/N=C\c1c(F)cccc1Cl)c1ccc(Cl)c(C(F)(F)F)c1. The number of amides is 1. The molecule has 0 aliphatic heterocycles. The van der Waals surface area contributed by atoms with Gasteiger partial charge in [-0.15, -0.1) is 0 Å². The molecule has 0 bridgehead atoms. The minimum atomic E-state index is -4.83. The topological polar surface area (TPSA) is 78.8 Å². The summed E-state index contributed by atoms with van der Waals surface area (Å²) in [6.07, 6.45) is -3.21. The fourth-order valence-corrected chi connectivity index (χ4v) is 3.54. The van der Waals surface area contributed by atoms with Crippen molar-refractivity contribution in [1.82, 2.24) is 5.43 Å². The van der Waals surface area contributed by atoms with Gasteiger partial charge in [0.1, 0.15) is 12.4 Å². The maximum Gasteiger partial charge on any atom is 0.417 e. The molecule has 0 spiro atoms. The van der Waals surface area contributed by atoms with Crippen molar-refractivity contribution in [1.29, 1.82) is 0 Å².